The van der Waals surface area contributed by atoms with Gasteiger partial charge in [0.25, 0.3) is 0 Å². The number of amides is 1. The van der Waals surface area contributed by atoms with Crippen LogP contribution in [0.25, 0.3) is 0 Å². The summed E-state index contributed by atoms with van der Waals surface area (Å²) in [4.78, 5) is 14.1. The van der Waals surface area contributed by atoms with Crippen molar-refractivity contribution in [2.24, 2.45) is 11.7 Å². The van der Waals surface area contributed by atoms with Crippen LogP contribution in [0.15, 0.2) is 0 Å². The summed E-state index contributed by atoms with van der Waals surface area (Å²) in [5, 5.41) is 2.93. The van der Waals surface area contributed by atoms with Crippen molar-refractivity contribution in [3.8, 4) is 0 Å². The summed E-state index contributed by atoms with van der Waals surface area (Å²) in [7, 11) is 0. The summed E-state index contributed by atoms with van der Waals surface area (Å²) in [5.74, 6) is 0.458. The van der Waals surface area contributed by atoms with E-state index in [2.05, 4.69) is 31.0 Å². The second-order valence-corrected chi connectivity index (χ2v) is 5.39. The molecule has 19 heavy (non-hydrogen) atoms. The first-order chi connectivity index (χ1) is 8.04. The number of nitrogens with zero attached hydrogens (tertiary/aromatic N) is 1. The Morgan fingerprint density at radius 3 is 2.37 bits per heavy atom. The van der Waals surface area contributed by atoms with E-state index in [1.807, 2.05) is 0 Å². The number of hydrogen-bond acceptors (Lipinski definition) is 3. The Kier molecular flexibility index (Phi) is 12.0. The fourth-order valence-corrected chi connectivity index (χ4v) is 2.11. The molecule has 1 amide bonds. The molecule has 6 heteroatoms. The molecule has 0 aromatic rings. The second-order valence-electron chi connectivity index (χ2n) is 5.39. The Balaban J connectivity index is 0. The largest absolute Gasteiger partial charge is 0.353 e. The molecular weight excluding hydrogens is 285 g/mol. The van der Waals surface area contributed by atoms with E-state index in [-0.39, 0.29) is 36.8 Å². The Hall–Kier alpha value is -0.0300. The highest BCUT2D eigenvalue weighted by Crippen LogP contribution is 2.25. The van der Waals surface area contributed by atoms with Crippen molar-refractivity contribution in [1.29, 1.82) is 0 Å². The molecule has 0 bridgehead atoms. The molecule has 1 atom stereocenters. The van der Waals surface area contributed by atoms with Crippen LogP contribution in [0.5, 0.6) is 0 Å². The normalized spacial score (nSPS) is 15.7. The van der Waals surface area contributed by atoms with Crippen molar-refractivity contribution in [1.82, 2.24) is 10.2 Å². The van der Waals surface area contributed by atoms with Crippen LogP contribution < -0.4 is 11.1 Å². The lowest BCUT2D eigenvalue weighted by atomic mass is 10.0. The molecule has 0 spiro atoms. The van der Waals surface area contributed by atoms with Gasteiger partial charge in [-0.15, -0.1) is 24.8 Å². The number of rotatable bonds is 8. The molecule has 0 unspecified atom stereocenters. The molecule has 4 nitrogen and oxygen atoms in total. The molecular formula is C13H29Cl2N3O. The quantitative estimate of drug-likeness (QED) is 0.718. The minimum absolute atomic E-state index is 0. The van der Waals surface area contributed by atoms with E-state index in [4.69, 9.17) is 5.73 Å². The van der Waals surface area contributed by atoms with Crippen molar-refractivity contribution < 1.29 is 4.79 Å². The predicted molar refractivity (Wildman–Crippen MR) is 85.2 cm³/mol. The fourth-order valence-electron chi connectivity index (χ4n) is 2.11. The summed E-state index contributed by atoms with van der Waals surface area (Å²) in [6, 6.07) is 0.409. The molecule has 0 aromatic heterocycles. The monoisotopic (exact) mass is 313 g/mol. The first-order valence-corrected chi connectivity index (χ1v) is 6.82. The number of nitrogens with two attached hydrogens (primary N) is 1. The van der Waals surface area contributed by atoms with Crippen LogP contribution in [0.3, 0.4) is 0 Å². The van der Waals surface area contributed by atoms with Gasteiger partial charge in [-0.2, -0.15) is 0 Å². The number of carbonyl (C=O) groups excluding carboxylic acids is 1. The van der Waals surface area contributed by atoms with E-state index in [0.29, 0.717) is 5.92 Å². The van der Waals surface area contributed by atoms with Crippen LogP contribution in [0.2, 0.25) is 0 Å². The van der Waals surface area contributed by atoms with Gasteiger partial charge in [-0.1, -0.05) is 20.8 Å². The first-order valence-electron chi connectivity index (χ1n) is 6.82. The molecule has 1 fully saturated rings. The minimum atomic E-state index is -0.356. The van der Waals surface area contributed by atoms with Crippen molar-refractivity contribution in [2.45, 2.75) is 52.1 Å². The number of likely N-dealkylation sites (N-methyl/N-ethyl adjacent to an activating group) is 1. The maximum atomic E-state index is 11.7. The topological polar surface area (TPSA) is 58.4 Å². The standard InChI is InChI=1S/C13H27N3O.2ClH/c1-4-16(11-5-6-11)8-7-15-13(17)12(14)9-10(2)3;;/h10-12H,4-9,14H2,1-3H3,(H,15,17);2*1H/t12-;;/m0../s1. The molecule has 0 aromatic carbocycles. The van der Waals surface area contributed by atoms with Crippen molar-refractivity contribution in [2.75, 3.05) is 19.6 Å². The smallest absolute Gasteiger partial charge is 0.236 e. The van der Waals surface area contributed by atoms with Gasteiger partial charge in [0.1, 0.15) is 0 Å². The third-order valence-corrected chi connectivity index (χ3v) is 3.23. The van der Waals surface area contributed by atoms with Crippen LogP contribution in [-0.2, 0) is 4.79 Å². The highest BCUT2D eigenvalue weighted by atomic mass is 35.5. The van der Waals surface area contributed by atoms with Crippen molar-refractivity contribution >= 4 is 30.7 Å². The SMILES string of the molecule is CCN(CCNC(=O)[C@@H](N)CC(C)C)C1CC1.Cl.Cl. The van der Waals surface area contributed by atoms with Gasteiger partial charge < -0.3 is 11.1 Å². The molecule has 0 aliphatic heterocycles. The van der Waals surface area contributed by atoms with Gasteiger partial charge in [0, 0.05) is 19.1 Å². The third kappa shape index (κ3) is 8.69. The Labute approximate surface area is 129 Å². The summed E-state index contributed by atoms with van der Waals surface area (Å²) in [5.41, 5.74) is 5.81. The molecule has 1 rings (SSSR count). The van der Waals surface area contributed by atoms with E-state index in [9.17, 15) is 4.79 Å². The zero-order chi connectivity index (χ0) is 12.8. The zero-order valence-electron chi connectivity index (χ0n) is 12.2. The molecule has 0 heterocycles. The van der Waals surface area contributed by atoms with Crippen LogP contribution in [0.1, 0.15) is 40.0 Å². The van der Waals surface area contributed by atoms with E-state index in [0.717, 1.165) is 32.1 Å². The average Bonchev–Trinajstić information content (AvgIpc) is 3.07. The highest BCUT2D eigenvalue weighted by Gasteiger charge is 2.27. The molecule has 116 valence electrons. The fraction of sp³-hybridized carbons (Fsp3) is 0.923. The lowest BCUT2D eigenvalue weighted by Gasteiger charge is -2.20. The molecule has 3 N–H and O–H groups in total. The number of carbonyl (C=O) groups is 1. The van der Waals surface area contributed by atoms with Crippen molar-refractivity contribution in [3.05, 3.63) is 0 Å². The number of hydrogen-bond donors (Lipinski definition) is 2. The van der Waals surface area contributed by atoms with E-state index >= 15 is 0 Å². The molecule has 1 aliphatic carbocycles. The lowest BCUT2D eigenvalue weighted by molar-refractivity contribution is -0.122. The van der Waals surface area contributed by atoms with Crippen molar-refractivity contribution in [3.63, 3.8) is 0 Å². The van der Waals surface area contributed by atoms with Crippen LogP contribution in [-0.4, -0.2) is 42.5 Å². The Bertz CT molecular complexity index is 248. The number of halogens is 2. The number of nitrogens with one attached hydrogen (secondary N) is 1. The Morgan fingerprint density at radius 1 is 1.37 bits per heavy atom. The first kappa shape index (κ1) is 21.3. The zero-order valence-corrected chi connectivity index (χ0v) is 13.9. The molecule has 1 aliphatic rings. The molecule has 1 saturated carbocycles. The predicted octanol–water partition coefficient (Wildman–Crippen LogP) is 1.80. The van der Waals surface area contributed by atoms with E-state index in [1.54, 1.807) is 0 Å². The van der Waals surface area contributed by atoms with Crippen LogP contribution in [0.4, 0.5) is 0 Å². The van der Waals surface area contributed by atoms with Gasteiger partial charge in [0.2, 0.25) is 5.91 Å². The lowest BCUT2D eigenvalue weighted by Crippen LogP contribution is -2.44. The van der Waals surface area contributed by atoms with Gasteiger partial charge in [-0.05, 0) is 31.7 Å². The van der Waals surface area contributed by atoms with Gasteiger partial charge in [-0.25, -0.2) is 0 Å². The van der Waals surface area contributed by atoms with E-state index in [1.165, 1.54) is 12.8 Å². The Morgan fingerprint density at radius 2 is 1.95 bits per heavy atom. The summed E-state index contributed by atoms with van der Waals surface area (Å²) in [6.07, 6.45) is 3.38. The molecule has 0 radical (unpaired) electrons. The van der Waals surface area contributed by atoms with Gasteiger partial charge in [-0.3, -0.25) is 9.69 Å². The average molecular weight is 314 g/mol. The summed E-state index contributed by atoms with van der Waals surface area (Å²) < 4.78 is 0. The molecule has 0 saturated heterocycles. The third-order valence-electron chi connectivity index (χ3n) is 3.23. The maximum Gasteiger partial charge on any atom is 0.236 e. The van der Waals surface area contributed by atoms with Crippen LogP contribution in [0, 0.1) is 5.92 Å². The summed E-state index contributed by atoms with van der Waals surface area (Å²) >= 11 is 0. The maximum absolute atomic E-state index is 11.7. The minimum Gasteiger partial charge on any atom is -0.353 e. The van der Waals surface area contributed by atoms with E-state index < -0.39 is 0 Å². The van der Waals surface area contributed by atoms with Gasteiger partial charge in [0.05, 0.1) is 6.04 Å². The second kappa shape index (κ2) is 10.7. The highest BCUT2D eigenvalue weighted by molar-refractivity contribution is 5.85. The summed E-state index contributed by atoms with van der Waals surface area (Å²) in [6.45, 7) is 9.07. The van der Waals surface area contributed by atoms with Crippen LogP contribution >= 0.6 is 24.8 Å². The van der Waals surface area contributed by atoms with Gasteiger partial charge in [0.15, 0.2) is 0 Å². The van der Waals surface area contributed by atoms with Gasteiger partial charge >= 0.3 is 0 Å².